The minimum Gasteiger partial charge on any atom is -0.370 e. The Balaban J connectivity index is 0.00000300. The lowest BCUT2D eigenvalue weighted by atomic mass is 10.1. The smallest absolute Gasteiger partial charge is 0.370 e. The first-order chi connectivity index (χ1) is 13.5. The van der Waals surface area contributed by atoms with Gasteiger partial charge >= 0.3 is 6.18 Å². The largest absolute Gasteiger partial charge is 0.416 e. The molecule has 9 heteroatoms. The van der Waals surface area contributed by atoms with Crippen molar-refractivity contribution in [3.05, 3.63) is 71.8 Å². The fourth-order valence-electron chi connectivity index (χ4n) is 2.63. The highest BCUT2D eigenvalue weighted by Gasteiger charge is 2.30. The number of rotatable bonds is 6. The lowest BCUT2D eigenvalue weighted by Gasteiger charge is -2.10. The summed E-state index contributed by atoms with van der Waals surface area (Å²) in [7, 11) is 0. The number of aromatic nitrogens is 3. The fourth-order valence-corrected chi connectivity index (χ4v) is 2.63. The second-order valence-electron chi connectivity index (χ2n) is 6.00. The van der Waals surface area contributed by atoms with Crippen LogP contribution < -0.4 is 5.32 Å². The number of nitrogens with zero attached hydrogens (tertiary/aromatic N) is 4. The van der Waals surface area contributed by atoms with Gasteiger partial charge in [-0.1, -0.05) is 18.2 Å². The molecule has 3 aromatic rings. The molecular weight excluding hydrogens is 403 g/mol. The van der Waals surface area contributed by atoms with Gasteiger partial charge in [-0.25, -0.2) is 15.0 Å². The summed E-state index contributed by atoms with van der Waals surface area (Å²) in [5.41, 5.74) is 0.428. The van der Waals surface area contributed by atoms with Gasteiger partial charge in [0.05, 0.1) is 11.3 Å². The Labute approximate surface area is 172 Å². The first-order valence-electron chi connectivity index (χ1n) is 8.56. The fraction of sp³-hybridized carbons (Fsp3) is 0.200. The van der Waals surface area contributed by atoms with Crippen molar-refractivity contribution in [3.63, 3.8) is 0 Å². The van der Waals surface area contributed by atoms with Crippen LogP contribution in [0, 0.1) is 11.3 Å². The zero-order valence-corrected chi connectivity index (χ0v) is 16.0. The van der Waals surface area contributed by atoms with Gasteiger partial charge in [-0.15, -0.1) is 12.4 Å². The van der Waals surface area contributed by atoms with Crippen molar-refractivity contribution in [2.45, 2.75) is 19.0 Å². The Morgan fingerprint density at radius 3 is 2.55 bits per heavy atom. The second kappa shape index (κ2) is 9.85. The Bertz CT molecular complexity index is 987. The van der Waals surface area contributed by atoms with Gasteiger partial charge in [0.1, 0.15) is 11.9 Å². The summed E-state index contributed by atoms with van der Waals surface area (Å²) < 4.78 is 38.9. The van der Waals surface area contributed by atoms with Crippen molar-refractivity contribution in [1.82, 2.24) is 15.0 Å². The van der Waals surface area contributed by atoms with Gasteiger partial charge in [0.15, 0.2) is 0 Å². The Morgan fingerprint density at radius 1 is 1.03 bits per heavy atom. The predicted octanol–water partition coefficient (Wildman–Crippen LogP) is 4.90. The van der Waals surface area contributed by atoms with Crippen LogP contribution in [-0.4, -0.2) is 21.5 Å². The SMILES string of the molecule is Cl.N#Cc1nc(CCCNc2ccccn2)cc(-c2cccc(C(F)(F)F)c2)n1. The molecule has 29 heavy (non-hydrogen) atoms. The summed E-state index contributed by atoms with van der Waals surface area (Å²) in [5.74, 6) is 0.690. The maximum absolute atomic E-state index is 13.0. The highest BCUT2D eigenvalue weighted by Crippen LogP contribution is 2.31. The number of alkyl halides is 3. The summed E-state index contributed by atoms with van der Waals surface area (Å²) in [5, 5.41) is 12.3. The van der Waals surface area contributed by atoms with Crippen molar-refractivity contribution in [2.75, 3.05) is 11.9 Å². The van der Waals surface area contributed by atoms with E-state index in [0.29, 0.717) is 36.3 Å². The lowest BCUT2D eigenvalue weighted by Crippen LogP contribution is -2.06. The van der Waals surface area contributed by atoms with Crippen molar-refractivity contribution in [2.24, 2.45) is 0 Å². The van der Waals surface area contributed by atoms with Crippen LogP contribution >= 0.6 is 12.4 Å². The summed E-state index contributed by atoms with van der Waals surface area (Å²) in [6.45, 7) is 0.641. The van der Waals surface area contributed by atoms with Crippen molar-refractivity contribution in [1.29, 1.82) is 5.26 Å². The van der Waals surface area contributed by atoms with E-state index in [9.17, 15) is 13.2 Å². The van der Waals surface area contributed by atoms with E-state index in [-0.39, 0.29) is 18.2 Å². The molecule has 0 saturated heterocycles. The molecule has 3 rings (SSSR count). The number of halogens is 4. The Morgan fingerprint density at radius 2 is 1.86 bits per heavy atom. The molecule has 0 unspecified atom stereocenters. The molecule has 0 radical (unpaired) electrons. The summed E-state index contributed by atoms with van der Waals surface area (Å²) in [6, 6.07) is 13.9. The molecule has 0 saturated carbocycles. The van der Waals surface area contributed by atoms with Gasteiger partial charge in [-0.05, 0) is 43.2 Å². The maximum atomic E-state index is 13.0. The Kier molecular flexibility index (Phi) is 7.51. The van der Waals surface area contributed by atoms with Gasteiger partial charge in [0.25, 0.3) is 0 Å². The Hall–Kier alpha value is -3.18. The van der Waals surface area contributed by atoms with E-state index in [0.717, 1.165) is 18.0 Å². The van der Waals surface area contributed by atoms with Gasteiger partial charge < -0.3 is 5.32 Å². The molecule has 0 spiro atoms. The molecule has 0 aliphatic carbocycles. The molecule has 1 aromatic carbocycles. The molecule has 0 fully saturated rings. The molecule has 0 atom stereocenters. The summed E-state index contributed by atoms with van der Waals surface area (Å²) in [6.07, 6.45) is -1.50. The normalized spacial score (nSPS) is 10.7. The molecule has 150 valence electrons. The zero-order chi connectivity index (χ0) is 20.0. The van der Waals surface area contributed by atoms with Crippen LogP contribution in [0.1, 0.15) is 23.5 Å². The van der Waals surface area contributed by atoms with Gasteiger partial charge in [0.2, 0.25) is 5.82 Å². The van der Waals surface area contributed by atoms with Crippen LogP contribution in [0.2, 0.25) is 0 Å². The number of anilines is 1. The summed E-state index contributed by atoms with van der Waals surface area (Å²) in [4.78, 5) is 12.4. The van der Waals surface area contributed by atoms with E-state index in [1.54, 1.807) is 12.3 Å². The summed E-state index contributed by atoms with van der Waals surface area (Å²) >= 11 is 0. The molecule has 0 aliphatic rings. The average Bonchev–Trinajstić information content (AvgIpc) is 2.71. The zero-order valence-electron chi connectivity index (χ0n) is 15.1. The minimum atomic E-state index is -4.44. The molecule has 2 heterocycles. The van der Waals surface area contributed by atoms with E-state index < -0.39 is 11.7 Å². The van der Waals surface area contributed by atoms with Crippen molar-refractivity contribution in [3.8, 4) is 17.3 Å². The quantitative estimate of drug-likeness (QED) is 0.575. The topological polar surface area (TPSA) is 74.5 Å². The average molecular weight is 420 g/mol. The first-order valence-corrected chi connectivity index (χ1v) is 8.56. The number of hydrogen-bond donors (Lipinski definition) is 1. The van der Waals surface area contributed by atoms with Crippen LogP contribution in [0.4, 0.5) is 19.0 Å². The standard InChI is InChI=1S/C20H16F3N5.ClH/c21-20(22,23)15-6-3-5-14(11-15)17-12-16(27-19(13-24)28-17)7-4-10-26-18-8-1-2-9-25-18;/h1-3,5-6,8-9,11-12H,4,7,10H2,(H,25,26);1H. The van der Waals surface area contributed by atoms with Crippen molar-refractivity contribution >= 4 is 18.2 Å². The van der Waals surface area contributed by atoms with Crippen LogP contribution in [0.3, 0.4) is 0 Å². The first kappa shape index (κ1) is 22.1. The van der Waals surface area contributed by atoms with E-state index >= 15 is 0 Å². The minimum absolute atomic E-state index is 0. The molecule has 1 N–H and O–H groups in total. The van der Waals surface area contributed by atoms with Gasteiger partial charge in [-0.2, -0.15) is 18.4 Å². The van der Waals surface area contributed by atoms with Crippen LogP contribution in [0.15, 0.2) is 54.7 Å². The van der Waals surface area contributed by atoms with E-state index in [1.807, 2.05) is 24.3 Å². The molecule has 0 aliphatic heterocycles. The van der Waals surface area contributed by atoms with E-state index in [2.05, 4.69) is 20.3 Å². The number of nitrogens with one attached hydrogen (secondary N) is 1. The highest BCUT2D eigenvalue weighted by atomic mass is 35.5. The molecule has 0 bridgehead atoms. The number of benzene rings is 1. The molecular formula is C20H17ClF3N5. The van der Waals surface area contributed by atoms with Crippen molar-refractivity contribution < 1.29 is 13.2 Å². The number of hydrogen-bond acceptors (Lipinski definition) is 5. The van der Waals surface area contributed by atoms with E-state index in [4.69, 9.17) is 5.26 Å². The van der Waals surface area contributed by atoms with Gasteiger partial charge in [-0.3, -0.25) is 0 Å². The third-order valence-corrected chi connectivity index (χ3v) is 3.95. The lowest BCUT2D eigenvalue weighted by molar-refractivity contribution is -0.137. The number of nitriles is 1. The monoisotopic (exact) mass is 419 g/mol. The second-order valence-corrected chi connectivity index (χ2v) is 6.00. The van der Waals surface area contributed by atoms with E-state index in [1.165, 1.54) is 12.1 Å². The maximum Gasteiger partial charge on any atom is 0.416 e. The molecule has 0 amide bonds. The molecule has 5 nitrogen and oxygen atoms in total. The van der Waals surface area contributed by atoms with Crippen LogP contribution in [0.5, 0.6) is 0 Å². The number of pyridine rings is 1. The third kappa shape index (κ3) is 6.16. The predicted molar refractivity (Wildman–Crippen MR) is 105 cm³/mol. The molecule has 2 aromatic heterocycles. The third-order valence-electron chi connectivity index (χ3n) is 3.95. The highest BCUT2D eigenvalue weighted by molar-refractivity contribution is 5.85. The number of aryl methyl sites for hydroxylation is 1. The van der Waals surface area contributed by atoms with Crippen LogP contribution in [-0.2, 0) is 12.6 Å². The van der Waals surface area contributed by atoms with Gasteiger partial charge in [0, 0.05) is 24.0 Å². The van der Waals surface area contributed by atoms with Crippen LogP contribution in [0.25, 0.3) is 11.3 Å².